The number of nitrogens with two attached hydrogens (primary N) is 1. The molecule has 5 rings (SSSR count). The van der Waals surface area contributed by atoms with Crippen molar-refractivity contribution in [2.75, 3.05) is 5.32 Å². The molecule has 0 bridgehead atoms. The summed E-state index contributed by atoms with van der Waals surface area (Å²) in [4.78, 5) is 32.4. The Labute approximate surface area is 207 Å². The fraction of sp³-hybridized carbons (Fsp3) is 0.185. The van der Waals surface area contributed by atoms with Gasteiger partial charge in [-0.15, -0.1) is 0 Å². The van der Waals surface area contributed by atoms with Crippen molar-refractivity contribution < 1.29 is 18.7 Å². The van der Waals surface area contributed by atoms with E-state index in [0.29, 0.717) is 23.0 Å². The zero-order valence-corrected chi connectivity index (χ0v) is 19.8. The van der Waals surface area contributed by atoms with E-state index in [9.17, 15) is 9.59 Å². The van der Waals surface area contributed by atoms with Crippen LogP contribution in [0.4, 0.5) is 10.2 Å². The quantitative estimate of drug-likeness (QED) is 0.385. The van der Waals surface area contributed by atoms with Crippen LogP contribution in [0.15, 0.2) is 60.9 Å². The number of amides is 2. The normalized spacial score (nSPS) is 12.9. The molecule has 0 saturated heterocycles. The molecule has 2 aromatic carbocycles. The van der Waals surface area contributed by atoms with Crippen LogP contribution in [0.2, 0.25) is 0 Å². The maximum Gasteiger partial charge on any atom is 0.268 e. The van der Waals surface area contributed by atoms with Crippen LogP contribution in [0.25, 0.3) is 17.1 Å². The lowest BCUT2D eigenvalue weighted by atomic mass is 10.1. The van der Waals surface area contributed by atoms with Crippen molar-refractivity contribution in [2.24, 2.45) is 11.7 Å². The minimum absolute atomic E-state index is 0.00952. The lowest BCUT2D eigenvalue weighted by Gasteiger charge is -2.14. The largest absolute Gasteiger partial charge is 0.454 e. The number of hydrogen-bond donors (Lipinski definition) is 2. The molecule has 2 heterocycles. The van der Waals surface area contributed by atoms with Crippen LogP contribution in [-0.2, 0) is 4.79 Å². The Morgan fingerprint density at radius 3 is 2.53 bits per heavy atom. The highest BCUT2D eigenvalue weighted by atomic mass is 19.1. The number of aryl methyl sites for hydroxylation is 2. The number of hydrogen-bond acceptors (Lipinski definition) is 5. The minimum atomic E-state index is -0.677. The van der Waals surface area contributed by atoms with Crippen molar-refractivity contribution in [1.29, 1.82) is 0 Å². The highest BCUT2D eigenvalue weighted by Gasteiger charge is 2.29. The van der Waals surface area contributed by atoms with E-state index < -0.39 is 11.7 Å². The second-order valence-corrected chi connectivity index (χ2v) is 8.81. The molecule has 8 nitrogen and oxygen atoms in total. The molecule has 9 heteroatoms. The van der Waals surface area contributed by atoms with Gasteiger partial charge in [0.1, 0.15) is 23.1 Å². The molecule has 182 valence electrons. The molecular formula is C27H24FN5O3. The summed E-state index contributed by atoms with van der Waals surface area (Å²) in [5.74, 6) is -0.303. The van der Waals surface area contributed by atoms with E-state index in [1.165, 1.54) is 18.3 Å². The van der Waals surface area contributed by atoms with Gasteiger partial charge in [0.15, 0.2) is 11.6 Å². The molecule has 1 fully saturated rings. The fourth-order valence-corrected chi connectivity index (χ4v) is 4.03. The SMILES string of the molecule is Cc1cccc(C)c1-n1cc(C(N)=O)nc1-c1ccc(Oc2ccnc(NC(=O)C3CC3)c2)c(F)c1. The van der Waals surface area contributed by atoms with Gasteiger partial charge in [-0.1, -0.05) is 18.2 Å². The van der Waals surface area contributed by atoms with Crippen molar-refractivity contribution in [3.63, 3.8) is 0 Å². The monoisotopic (exact) mass is 485 g/mol. The fourth-order valence-electron chi connectivity index (χ4n) is 4.03. The number of aromatic nitrogens is 3. The molecule has 0 radical (unpaired) electrons. The standard InChI is InChI=1S/C27H24FN5O3/c1-15-4-3-5-16(2)24(15)33-14-21(25(29)34)31-26(33)18-8-9-22(20(28)12-18)36-19-10-11-30-23(13-19)32-27(35)17-6-7-17/h3-5,8-14,17H,6-7H2,1-2H3,(H2,29,34)(H,30,32,35). The summed E-state index contributed by atoms with van der Waals surface area (Å²) >= 11 is 0. The number of carbonyl (C=O) groups excluding carboxylic acids is 2. The maximum absolute atomic E-state index is 15.2. The number of benzene rings is 2. The number of carbonyl (C=O) groups is 2. The van der Waals surface area contributed by atoms with Gasteiger partial charge < -0.3 is 15.8 Å². The Hall–Kier alpha value is -4.53. The third-order valence-corrected chi connectivity index (χ3v) is 5.99. The molecule has 0 aliphatic heterocycles. The van der Waals surface area contributed by atoms with Crippen LogP contribution in [-0.4, -0.2) is 26.3 Å². The number of pyridine rings is 1. The Kier molecular flexibility index (Phi) is 5.97. The number of halogens is 1. The van der Waals surface area contributed by atoms with Gasteiger partial charge in [-0.2, -0.15) is 0 Å². The number of nitrogens with zero attached hydrogens (tertiary/aromatic N) is 3. The first-order chi connectivity index (χ1) is 17.3. The van der Waals surface area contributed by atoms with Crippen molar-refractivity contribution in [2.45, 2.75) is 26.7 Å². The first-order valence-electron chi connectivity index (χ1n) is 11.5. The number of para-hydroxylation sites is 1. The van der Waals surface area contributed by atoms with E-state index in [1.54, 1.807) is 29.0 Å². The Bertz CT molecular complexity index is 1470. The van der Waals surface area contributed by atoms with Gasteiger partial charge in [0.05, 0.1) is 5.69 Å². The number of nitrogens with one attached hydrogen (secondary N) is 1. The zero-order valence-electron chi connectivity index (χ0n) is 19.8. The first kappa shape index (κ1) is 23.2. The molecule has 36 heavy (non-hydrogen) atoms. The van der Waals surface area contributed by atoms with E-state index in [0.717, 1.165) is 29.7 Å². The molecule has 1 saturated carbocycles. The van der Waals surface area contributed by atoms with Gasteiger partial charge in [-0.3, -0.25) is 14.2 Å². The molecule has 1 aliphatic rings. The third-order valence-electron chi connectivity index (χ3n) is 5.99. The molecule has 0 unspecified atom stereocenters. The molecule has 1 aliphatic carbocycles. The van der Waals surface area contributed by atoms with Gasteiger partial charge >= 0.3 is 0 Å². The molecule has 3 N–H and O–H groups in total. The summed E-state index contributed by atoms with van der Waals surface area (Å²) in [5, 5.41) is 2.74. The van der Waals surface area contributed by atoms with E-state index in [4.69, 9.17) is 10.5 Å². The average molecular weight is 486 g/mol. The van der Waals surface area contributed by atoms with Crippen LogP contribution in [0, 0.1) is 25.6 Å². The number of ether oxygens (including phenoxy) is 1. The van der Waals surface area contributed by atoms with Gasteiger partial charge in [0.25, 0.3) is 5.91 Å². The zero-order chi connectivity index (χ0) is 25.4. The molecule has 2 aromatic heterocycles. The summed E-state index contributed by atoms with van der Waals surface area (Å²) in [6, 6.07) is 13.4. The second-order valence-electron chi connectivity index (χ2n) is 8.81. The Balaban J connectivity index is 1.46. The van der Waals surface area contributed by atoms with E-state index in [-0.39, 0.29) is 23.3 Å². The summed E-state index contributed by atoms with van der Waals surface area (Å²) in [6.45, 7) is 3.90. The van der Waals surface area contributed by atoms with E-state index in [1.807, 2.05) is 32.0 Å². The van der Waals surface area contributed by atoms with Crippen molar-refractivity contribution in [3.05, 3.63) is 83.6 Å². The van der Waals surface area contributed by atoms with E-state index in [2.05, 4.69) is 15.3 Å². The molecule has 4 aromatic rings. The van der Waals surface area contributed by atoms with Crippen molar-refractivity contribution in [1.82, 2.24) is 14.5 Å². The van der Waals surface area contributed by atoms with Crippen LogP contribution >= 0.6 is 0 Å². The van der Waals surface area contributed by atoms with Gasteiger partial charge in [0, 0.05) is 29.9 Å². The second kappa shape index (κ2) is 9.26. The summed E-state index contributed by atoms with van der Waals surface area (Å²) in [6.07, 6.45) is 4.80. The molecular weight excluding hydrogens is 461 g/mol. The highest BCUT2D eigenvalue weighted by molar-refractivity contribution is 5.93. The average Bonchev–Trinajstić information content (AvgIpc) is 3.60. The van der Waals surface area contributed by atoms with Crippen molar-refractivity contribution in [3.8, 4) is 28.6 Å². The smallest absolute Gasteiger partial charge is 0.268 e. The van der Waals surface area contributed by atoms with Crippen LogP contribution in [0.5, 0.6) is 11.5 Å². The first-order valence-corrected chi connectivity index (χ1v) is 11.5. The summed E-state index contributed by atoms with van der Waals surface area (Å²) < 4.78 is 22.6. The maximum atomic E-state index is 15.2. The lowest BCUT2D eigenvalue weighted by Crippen LogP contribution is -2.14. The number of rotatable bonds is 7. The lowest BCUT2D eigenvalue weighted by molar-refractivity contribution is -0.117. The molecule has 0 atom stereocenters. The number of imidazole rings is 1. The third kappa shape index (κ3) is 4.68. The van der Waals surface area contributed by atoms with Gasteiger partial charge in [-0.05, 0) is 62.1 Å². The highest BCUT2D eigenvalue weighted by Crippen LogP contribution is 2.33. The van der Waals surface area contributed by atoms with Crippen molar-refractivity contribution >= 4 is 17.6 Å². The summed E-state index contributed by atoms with van der Waals surface area (Å²) in [7, 11) is 0. The Morgan fingerprint density at radius 2 is 1.86 bits per heavy atom. The van der Waals surface area contributed by atoms with Crippen LogP contribution in [0.3, 0.4) is 0 Å². The van der Waals surface area contributed by atoms with Gasteiger partial charge in [0.2, 0.25) is 5.91 Å². The number of primary amides is 1. The van der Waals surface area contributed by atoms with Crippen LogP contribution < -0.4 is 15.8 Å². The molecule has 0 spiro atoms. The predicted molar refractivity (Wildman–Crippen MR) is 133 cm³/mol. The summed E-state index contributed by atoms with van der Waals surface area (Å²) in [5.41, 5.74) is 8.78. The Morgan fingerprint density at radius 1 is 1.11 bits per heavy atom. The number of anilines is 1. The van der Waals surface area contributed by atoms with E-state index >= 15 is 4.39 Å². The van der Waals surface area contributed by atoms with Gasteiger partial charge in [-0.25, -0.2) is 14.4 Å². The predicted octanol–water partition coefficient (Wildman–Crippen LogP) is 4.93. The minimum Gasteiger partial charge on any atom is -0.454 e. The topological polar surface area (TPSA) is 112 Å². The van der Waals surface area contributed by atoms with Crippen LogP contribution in [0.1, 0.15) is 34.5 Å². The molecule has 2 amide bonds.